The third kappa shape index (κ3) is 4.18. The first kappa shape index (κ1) is 15.6. The zero-order valence-electron chi connectivity index (χ0n) is 9.20. The summed E-state index contributed by atoms with van der Waals surface area (Å²) in [6, 6.07) is 3.89. The van der Waals surface area contributed by atoms with Crippen LogP contribution in [0.1, 0.15) is 24.4 Å². The smallest absolute Gasteiger partial charge is 0.311 e. The van der Waals surface area contributed by atoms with Gasteiger partial charge in [0.25, 0.3) is 0 Å². The summed E-state index contributed by atoms with van der Waals surface area (Å²) in [4.78, 5) is 9.96. The predicted molar refractivity (Wildman–Crippen MR) is 67.2 cm³/mol. The zero-order valence-corrected chi connectivity index (χ0v) is 10.0. The van der Waals surface area contributed by atoms with Crippen molar-refractivity contribution < 1.29 is 10.0 Å². The van der Waals surface area contributed by atoms with Gasteiger partial charge in [-0.1, -0.05) is 6.07 Å². The number of aromatic hydroxyl groups is 1. The van der Waals surface area contributed by atoms with Gasteiger partial charge in [0.1, 0.15) is 0 Å². The maximum absolute atomic E-state index is 10.6. The lowest BCUT2D eigenvalue weighted by Gasteiger charge is -2.11. The molecule has 0 saturated carbocycles. The van der Waals surface area contributed by atoms with E-state index in [4.69, 9.17) is 11.5 Å². The lowest BCUT2D eigenvalue weighted by Crippen LogP contribution is -2.12. The second kappa shape index (κ2) is 7.05. The van der Waals surface area contributed by atoms with E-state index in [-0.39, 0.29) is 29.9 Å². The number of hydrogen-bond donors (Lipinski definition) is 3. The molecule has 0 aliphatic carbocycles. The minimum atomic E-state index is -0.630. The second-order valence-corrected chi connectivity index (χ2v) is 3.54. The molecule has 0 radical (unpaired) electrons. The van der Waals surface area contributed by atoms with Gasteiger partial charge in [0.05, 0.1) is 4.92 Å². The Morgan fingerprint density at radius 1 is 1.47 bits per heavy atom. The van der Waals surface area contributed by atoms with Crippen LogP contribution < -0.4 is 11.5 Å². The number of nitrogens with zero attached hydrogens (tertiary/aromatic N) is 1. The molecule has 0 spiro atoms. The zero-order chi connectivity index (χ0) is 12.1. The highest BCUT2D eigenvalue weighted by Crippen LogP contribution is 2.29. The van der Waals surface area contributed by atoms with Gasteiger partial charge >= 0.3 is 5.69 Å². The molecule has 0 amide bonds. The van der Waals surface area contributed by atoms with Crippen LogP contribution in [0.5, 0.6) is 5.75 Å². The van der Waals surface area contributed by atoms with E-state index < -0.39 is 4.92 Å². The summed E-state index contributed by atoms with van der Waals surface area (Å²) in [5.74, 6) is -0.347. The van der Waals surface area contributed by atoms with Crippen LogP contribution in [0.3, 0.4) is 0 Å². The summed E-state index contributed by atoms with van der Waals surface area (Å²) in [5, 5.41) is 19.9. The Morgan fingerprint density at radius 3 is 2.65 bits per heavy atom. The Hall–Kier alpha value is -1.37. The fourth-order valence-corrected chi connectivity index (χ4v) is 1.42. The Balaban J connectivity index is 0.00000256. The molecule has 0 aromatic heterocycles. The highest BCUT2D eigenvalue weighted by Gasteiger charge is 2.16. The number of phenolic OH excluding ortho intramolecular Hbond substituents is 1. The summed E-state index contributed by atoms with van der Waals surface area (Å²) in [6.07, 6.45) is 1.42. The molecule has 5 N–H and O–H groups in total. The van der Waals surface area contributed by atoms with E-state index in [1.165, 1.54) is 12.1 Å². The summed E-state index contributed by atoms with van der Waals surface area (Å²) >= 11 is 0. The molecule has 17 heavy (non-hydrogen) atoms. The SMILES string of the molecule is Cl.NCCC[C@H](N)c1ccc(O)c([N+](=O)[O-])c1. The van der Waals surface area contributed by atoms with Crippen molar-refractivity contribution in [1.82, 2.24) is 0 Å². The molecule has 0 aliphatic heterocycles. The maximum Gasteiger partial charge on any atom is 0.311 e. The molecule has 0 fully saturated rings. The van der Waals surface area contributed by atoms with Crippen molar-refractivity contribution >= 4 is 18.1 Å². The normalized spacial score (nSPS) is 11.6. The molecule has 1 atom stereocenters. The largest absolute Gasteiger partial charge is 0.502 e. The fourth-order valence-electron chi connectivity index (χ4n) is 1.42. The number of nitrogens with two attached hydrogens (primary N) is 2. The summed E-state index contributed by atoms with van der Waals surface area (Å²) in [5.41, 5.74) is 11.5. The highest BCUT2D eigenvalue weighted by molar-refractivity contribution is 5.85. The summed E-state index contributed by atoms with van der Waals surface area (Å²) < 4.78 is 0. The van der Waals surface area contributed by atoms with Crippen molar-refractivity contribution in [2.75, 3.05) is 6.54 Å². The maximum atomic E-state index is 10.6. The lowest BCUT2D eigenvalue weighted by molar-refractivity contribution is -0.385. The van der Waals surface area contributed by atoms with Crippen LogP contribution in [0.4, 0.5) is 5.69 Å². The topological polar surface area (TPSA) is 115 Å². The van der Waals surface area contributed by atoms with E-state index in [0.29, 0.717) is 18.5 Å². The Kier molecular flexibility index (Phi) is 6.48. The van der Waals surface area contributed by atoms with Crippen LogP contribution in [0, 0.1) is 10.1 Å². The molecule has 0 unspecified atom stereocenters. The third-order valence-electron chi connectivity index (χ3n) is 2.34. The van der Waals surface area contributed by atoms with Crippen molar-refractivity contribution in [3.8, 4) is 5.75 Å². The molecule has 6 nitrogen and oxygen atoms in total. The molecular formula is C10H16ClN3O3. The van der Waals surface area contributed by atoms with E-state index in [1.807, 2.05) is 0 Å². The Morgan fingerprint density at radius 2 is 2.12 bits per heavy atom. The first-order valence-electron chi connectivity index (χ1n) is 4.99. The van der Waals surface area contributed by atoms with Gasteiger partial charge in [0.2, 0.25) is 0 Å². The molecule has 0 heterocycles. The quantitative estimate of drug-likeness (QED) is 0.548. The highest BCUT2D eigenvalue weighted by atomic mass is 35.5. The van der Waals surface area contributed by atoms with E-state index in [9.17, 15) is 15.2 Å². The van der Waals surface area contributed by atoms with E-state index in [1.54, 1.807) is 6.07 Å². The molecule has 0 aliphatic rings. The van der Waals surface area contributed by atoms with Gasteiger partial charge in [-0.2, -0.15) is 0 Å². The number of halogens is 1. The van der Waals surface area contributed by atoms with Crippen molar-refractivity contribution in [2.45, 2.75) is 18.9 Å². The van der Waals surface area contributed by atoms with Crippen LogP contribution in [-0.2, 0) is 0 Å². The lowest BCUT2D eigenvalue weighted by atomic mass is 10.0. The van der Waals surface area contributed by atoms with Crippen molar-refractivity contribution in [2.24, 2.45) is 11.5 Å². The van der Waals surface area contributed by atoms with Gasteiger partial charge in [-0.05, 0) is 31.0 Å². The summed E-state index contributed by atoms with van der Waals surface area (Å²) in [6.45, 7) is 0.536. The molecule has 0 saturated heterocycles. The number of nitro benzene ring substituents is 1. The average Bonchev–Trinajstić information content (AvgIpc) is 2.26. The molecule has 96 valence electrons. The number of rotatable bonds is 5. The van der Waals surface area contributed by atoms with Gasteiger partial charge in [0, 0.05) is 12.1 Å². The van der Waals surface area contributed by atoms with E-state index in [0.717, 1.165) is 6.42 Å². The monoisotopic (exact) mass is 261 g/mol. The molecule has 1 aromatic carbocycles. The van der Waals surface area contributed by atoms with Gasteiger partial charge in [0.15, 0.2) is 5.75 Å². The molecular weight excluding hydrogens is 246 g/mol. The Labute approximate surface area is 105 Å². The standard InChI is InChI=1S/C10H15N3O3.ClH/c11-5-1-2-8(12)7-3-4-10(14)9(6-7)13(15)16;/h3-4,6,8,14H,1-2,5,11-12H2;1H/t8-;/m0./s1. The van der Waals surface area contributed by atoms with Crippen LogP contribution in [-0.4, -0.2) is 16.6 Å². The van der Waals surface area contributed by atoms with Crippen molar-refractivity contribution in [1.29, 1.82) is 0 Å². The molecule has 1 aromatic rings. The number of hydrogen-bond acceptors (Lipinski definition) is 5. The average molecular weight is 262 g/mol. The van der Waals surface area contributed by atoms with Gasteiger partial charge in [-0.25, -0.2) is 0 Å². The predicted octanol–water partition coefficient (Wildman–Crippen LogP) is 1.46. The molecule has 0 bridgehead atoms. The van der Waals surface area contributed by atoms with Gasteiger partial charge < -0.3 is 16.6 Å². The van der Waals surface area contributed by atoms with E-state index in [2.05, 4.69) is 0 Å². The van der Waals surface area contributed by atoms with Crippen LogP contribution in [0.15, 0.2) is 18.2 Å². The van der Waals surface area contributed by atoms with Gasteiger partial charge in [-0.15, -0.1) is 12.4 Å². The number of phenols is 1. The molecule has 7 heteroatoms. The number of nitro groups is 1. The van der Waals surface area contributed by atoms with Crippen LogP contribution in [0.25, 0.3) is 0 Å². The van der Waals surface area contributed by atoms with Crippen molar-refractivity contribution in [3.63, 3.8) is 0 Å². The van der Waals surface area contributed by atoms with Crippen LogP contribution in [0.2, 0.25) is 0 Å². The summed E-state index contributed by atoms with van der Waals surface area (Å²) in [7, 11) is 0. The second-order valence-electron chi connectivity index (χ2n) is 3.54. The van der Waals surface area contributed by atoms with Crippen molar-refractivity contribution in [3.05, 3.63) is 33.9 Å². The Bertz CT molecular complexity index is 387. The first-order chi connectivity index (χ1) is 7.56. The third-order valence-corrected chi connectivity index (χ3v) is 2.34. The van der Waals surface area contributed by atoms with Crippen LogP contribution >= 0.6 is 12.4 Å². The minimum Gasteiger partial charge on any atom is -0.502 e. The minimum absolute atomic E-state index is 0. The van der Waals surface area contributed by atoms with E-state index >= 15 is 0 Å². The molecule has 1 rings (SSSR count). The first-order valence-corrected chi connectivity index (χ1v) is 4.99. The van der Waals surface area contributed by atoms with Gasteiger partial charge in [-0.3, -0.25) is 10.1 Å². The number of benzene rings is 1. The fraction of sp³-hybridized carbons (Fsp3) is 0.400.